The second kappa shape index (κ2) is 5.06. The molecule has 102 valence electrons. The summed E-state index contributed by atoms with van der Waals surface area (Å²) in [6, 6.07) is 12.2. The molecule has 0 fully saturated rings. The van der Waals surface area contributed by atoms with E-state index in [9.17, 15) is 10.2 Å². The average molecular weight is 276 g/mol. The van der Waals surface area contributed by atoms with Crippen LogP contribution in [-0.4, -0.2) is 15.2 Å². The number of pyridine rings is 1. The van der Waals surface area contributed by atoms with Gasteiger partial charge in [-0.3, -0.25) is 4.98 Å². The van der Waals surface area contributed by atoms with E-state index < -0.39 is 0 Å². The summed E-state index contributed by atoms with van der Waals surface area (Å²) in [4.78, 5) is 4.18. The molecule has 0 atom stereocenters. The number of aromatic nitrogens is 1. The van der Waals surface area contributed by atoms with Crippen LogP contribution in [-0.2, 0) is 0 Å². The zero-order chi connectivity index (χ0) is 14.8. The zero-order valence-corrected chi connectivity index (χ0v) is 11.0. The van der Waals surface area contributed by atoms with Gasteiger partial charge in [-0.1, -0.05) is 12.0 Å². The summed E-state index contributed by atoms with van der Waals surface area (Å²) in [5, 5.41) is 23.1. The van der Waals surface area contributed by atoms with E-state index in [4.69, 9.17) is 6.42 Å². The molecule has 1 aromatic heterocycles. The van der Waals surface area contributed by atoms with Crippen molar-refractivity contribution in [2.45, 2.75) is 0 Å². The molecule has 21 heavy (non-hydrogen) atoms. The topological polar surface area (TPSA) is 65.4 Å². The Balaban J connectivity index is 2.08. The van der Waals surface area contributed by atoms with Crippen LogP contribution in [0.25, 0.3) is 10.9 Å². The van der Waals surface area contributed by atoms with Crippen LogP contribution in [0.2, 0.25) is 0 Å². The third-order valence-electron chi connectivity index (χ3n) is 3.15. The molecule has 0 unspecified atom stereocenters. The Morgan fingerprint density at radius 3 is 2.67 bits per heavy atom. The lowest BCUT2D eigenvalue weighted by atomic mass is 10.1. The predicted octanol–water partition coefficient (Wildman–Crippen LogP) is 3.37. The van der Waals surface area contributed by atoms with Gasteiger partial charge >= 0.3 is 0 Å². The lowest BCUT2D eigenvalue weighted by Gasteiger charge is -2.10. The second-order valence-corrected chi connectivity index (χ2v) is 4.57. The summed E-state index contributed by atoms with van der Waals surface area (Å²) in [5.41, 5.74) is 2.97. The number of rotatable bonds is 2. The van der Waals surface area contributed by atoms with E-state index in [1.54, 1.807) is 12.3 Å². The Labute approximate surface area is 121 Å². The van der Waals surface area contributed by atoms with Crippen molar-refractivity contribution in [3.8, 4) is 23.8 Å². The van der Waals surface area contributed by atoms with Crippen LogP contribution in [0.4, 0.5) is 11.4 Å². The number of hydrogen-bond acceptors (Lipinski definition) is 4. The minimum atomic E-state index is -0.193. The molecule has 1 heterocycles. The van der Waals surface area contributed by atoms with Crippen molar-refractivity contribution in [2.24, 2.45) is 0 Å². The summed E-state index contributed by atoms with van der Waals surface area (Å²) >= 11 is 0. The van der Waals surface area contributed by atoms with Gasteiger partial charge in [-0.05, 0) is 30.3 Å². The molecular formula is C17H12N2O2. The molecule has 0 saturated heterocycles. The van der Waals surface area contributed by atoms with E-state index in [1.165, 1.54) is 12.1 Å². The SMILES string of the molecule is C#Cc1cccc(Nc2ccnc3cc(O)c(O)cc23)c1. The van der Waals surface area contributed by atoms with Gasteiger partial charge in [0.2, 0.25) is 0 Å². The van der Waals surface area contributed by atoms with Crippen molar-refractivity contribution in [1.29, 1.82) is 0 Å². The maximum Gasteiger partial charge on any atom is 0.159 e. The van der Waals surface area contributed by atoms with E-state index >= 15 is 0 Å². The number of phenolic OH excluding ortho intramolecular Hbond substituents is 2. The number of hydrogen-bond donors (Lipinski definition) is 3. The van der Waals surface area contributed by atoms with Crippen LogP contribution in [0.5, 0.6) is 11.5 Å². The maximum absolute atomic E-state index is 9.66. The van der Waals surface area contributed by atoms with Gasteiger partial charge < -0.3 is 15.5 Å². The van der Waals surface area contributed by atoms with Crippen LogP contribution in [0, 0.1) is 12.3 Å². The van der Waals surface area contributed by atoms with Gasteiger partial charge in [0.05, 0.1) is 5.52 Å². The second-order valence-electron chi connectivity index (χ2n) is 4.57. The molecule has 0 aliphatic rings. The summed E-state index contributed by atoms with van der Waals surface area (Å²) in [7, 11) is 0. The van der Waals surface area contributed by atoms with Crippen LogP contribution < -0.4 is 5.32 Å². The Hall–Kier alpha value is -3.19. The monoisotopic (exact) mass is 276 g/mol. The fraction of sp³-hybridized carbons (Fsp3) is 0. The molecule has 0 aliphatic heterocycles. The number of nitrogens with zero attached hydrogens (tertiary/aromatic N) is 1. The first-order valence-electron chi connectivity index (χ1n) is 6.32. The van der Waals surface area contributed by atoms with Gasteiger partial charge in [0.25, 0.3) is 0 Å². The van der Waals surface area contributed by atoms with Gasteiger partial charge in [0.1, 0.15) is 0 Å². The quantitative estimate of drug-likeness (QED) is 0.496. The van der Waals surface area contributed by atoms with Gasteiger partial charge in [0, 0.05) is 34.6 Å². The third kappa shape index (κ3) is 2.45. The average Bonchev–Trinajstić information content (AvgIpc) is 2.49. The highest BCUT2D eigenvalue weighted by Gasteiger charge is 2.07. The highest BCUT2D eigenvalue weighted by Crippen LogP contribution is 2.33. The summed E-state index contributed by atoms with van der Waals surface area (Å²) < 4.78 is 0. The standard InChI is InChI=1S/C17H12N2O2/c1-2-11-4-3-5-12(8-11)19-14-6-7-18-15-10-17(21)16(20)9-13(14)15/h1,3-10,20-21H,(H,18,19). The van der Waals surface area contributed by atoms with Gasteiger partial charge in [-0.25, -0.2) is 0 Å². The molecule has 3 rings (SSSR count). The Bertz CT molecular complexity index is 866. The van der Waals surface area contributed by atoms with E-state index in [0.29, 0.717) is 10.9 Å². The van der Waals surface area contributed by atoms with Gasteiger partial charge in [0.15, 0.2) is 11.5 Å². The van der Waals surface area contributed by atoms with Crippen LogP contribution in [0.1, 0.15) is 5.56 Å². The number of fused-ring (bicyclic) bond motifs is 1. The Kier molecular flexibility index (Phi) is 3.09. The normalized spacial score (nSPS) is 10.2. The number of benzene rings is 2. The lowest BCUT2D eigenvalue weighted by Crippen LogP contribution is -1.93. The van der Waals surface area contributed by atoms with Crippen molar-refractivity contribution in [3.05, 3.63) is 54.2 Å². The molecule has 4 nitrogen and oxygen atoms in total. The molecule has 0 aliphatic carbocycles. The first-order chi connectivity index (χ1) is 10.2. The molecular weight excluding hydrogens is 264 g/mol. The van der Waals surface area contributed by atoms with Crippen molar-refractivity contribution in [2.75, 3.05) is 5.32 Å². The van der Waals surface area contributed by atoms with E-state index in [2.05, 4.69) is 16.2 Å². The fourth-order valence-corrected chi connectivity index (χ4v) is 2.12. The highest BCUT2D eigenvalue weighted by molar-refractivity contribution is 5.94. The molecule has 0 spiro atoms. The molecule has 4 heteroatoms. The molecule has 0 amide bonds. The first-order valence-corrected chi connectivity index (χ1v) is 6.32. The molecule has 3 aromatic rings. The molecule has 0 saturated carbocycles. The molecule has 3 N–H and O–H groups in total. The third-order valence-corrected chi connectivity index (χ3v) is 3.15. The van der Waals surface area contributed by atoms with E-state index in [-0.39, 0.29) is 11.5 Å². The van der Waals surface area contributed by atoms with Crippen molar-refractivity contribution in [3.63, 3.8) is 0 Å². The lowest BCUT2D eigenvalue weighted by molar-refractivity contribution is 0.405. The minimum absolute atomic E-state index is 0.184. The van der Waals surface area contributed by atoms with Crippen molar-refractivity contribution in [1.82, 2.24) is 4.98 Å². The smallest absolute Gasteiger partial charge is 0.159 e. The summed E-state index contributed by atoms with van der Waals surface area (Å²) in [6.45, 7) is 0. The fourth-order valence-electron chi connectivity index (χ4n) is 2.12. The van der Waals surface area contributed by atoms with E-state index in [0.717, 1.165) is 16.9 Å². The molecule has 2 aromatic carbocycles. The highest BCUT2D eigenvalue weighted by atomic mass is 16.3. The summed E-state index contributed by atoms with van der Waals surface area (Å²) in [5.74, 6) is 2.20. The van der Waals surface area contributed by atoms with Crippen LogP contribution in [0.3, 0.4) is 0 Å². The number of anilines is 2. The van der Waals surface area contributed by atoms with Gasteiger partial charge in [-0.15, -0.1) is 6.42 Å². The maximum atomic E-state index is 9.66. The Morgan fingerprint density at radius 1 is 1.05 bits per heavy atom. The van der Waals surface area contributed by atoms with E-state index in [1.807, 2.05) is 24.3 Å². The van der Waals surface area contributed by atoms with Crippen LogP contribution >= 0.6 is 0 Å². The number of aromatic hydroxyl groups is 2. The number of nitrogens with one attached hydrogen (secondary N) is 1. The molecule has 0 bridgehead atoms. The van der Waals surface area contributed by atoms with Gasteiger partial charge in [-0.2, -0.15) is 0 Å². The molecule has 0 radical (unpaired) electrons. The Morgan fingerprint density at radius 2 is 1.86 bits per heavy atom. The first kappa shape index (κ1) is 12.8. The predicted molar refractivity (Wildman–Crippen MR) is 82.7 cm³/mol. The van der Waals surface area contributed by atoms with Crippen molar-refractivity contribution >= 4 is 22.3 Å². The number of phenols is 2. The largest absolute Gasteiger partial charge is 0.504 e. The van der Waals surface area contributed by atoms with Crippen molar-refractivity contribution < 1.29 is 10.2 Å². The number of terminal acetylenes is 1. The zero-order valence-electron chi connectivity index (χ0n) is 11.0. The minimum Gasteiger partial charge on any atom is -0.504 e. The van der Waals surface area contributed by atoms with Crippen LogP contribution in [0.15, 0.2) is 48.7 Å². The summed E-state index contributed by atoms with van der Waals surface area (Å²) in [6.07, 6.45) is 7.02.